The third-order valence-corrected chi connectivity index (χ3v) is 5.03. The average Bonchev–Trinajstić information content (AvgIpc) is 2.81. The maximum Gasteiger partial charge on any atom is 0.407 e. The van der Waals surface area contributed by atoms with Gasteiger partial charge in [0, 0.05) is 13.0 Å². The zero-order valence-corrected chi connectivity index (χ0v) is 18.5. The summed E-state index contributed by atoms with van der Waals surface area (Å²) in [5.41, 5.74) is 1.96. The number of aryl methyl sites for hydroxylation is 1. The molecule has 2 amide bonds. The monoisotopic (exact) mass is 440 g/mol. The Labute approximate surface area is 189 Å². The van der Waals surface area contributed by atoms with Gasteiger partial charge in [-0.05, 0) is 36.3 Å². The van der Waals surface area contributed by atoms with E-state index in [1.165, 1.54) is 0 Å². The first kappa shape index (κ1) is 25.1. The summed E-state index contributed by atoms with van der Waals surface area (Å²) in [5, 5.41) is 15.2. The van der Waals surface area contributed by atoms with Gasteiger partial charge in [0.05, 0.1) is 6.54 Å². The van der Waals surface area contributed by atoms with E-state index in [0.717, 1.165) is 11.1 Å². The summed E-state index contributed by atoms with van der Waals surface area (Å²) in [4.78, 5) is 35.8. The fraction of sp³-hybridized carbons (Fsp3) is 0.400. The molecule has 0 fully saturated rings. The number of alkyl carbamates (subject to hydrolysis) is 1. The molecule has 0 heterocycles. The molecule has 2 rings (SSSR count). The largest absolute Gasteiger partial charge is 0.445 e. The number of carbonyl (C=O) groups is 3. The first-order valence-electron chi connectivity index (χ1n) is 10.9. The molecule has 0 saturated carbocycles. The quantitative estimate of drug-likeness (QED) is 0.444. The van der Waals surface area contributed by atoms with Crippen molar-refractivity contribution in [1.82, 2.24) is 10.6 Å². The Kier molecular flexibility index (Phi) is 11.0. The molecule has 2 unspecified atom stereocenters. The number of ketones is 1. The summed E-state index contributed by atoms with van der Waals surface area (Å²) in [6.45, 7) is 2.30. The molecule has 7 nitrogen and oxygen atoms in total. The van der Waals surface area contributed by atoms with E-state index in [2.05, 4.69) is 10.6 Å². The van der Waals surface area contributed by atoms with Crippen LogP contribution in [-0.4, -0.2) is 42.1 Å². The van der Waals surface area contributed by atoms with Gasteiger partial charge in [-0.3, -0.25) is 9.59 Å². The summed E-state index contributed by atoms with van der Waals surface area (Å²) in [6, 6.07) is 19.0. The maximum atomic E-state index is 12.1. The molecule has 0 saturated heterocycles. The Bertz CT molecular complexity index is 842. The lowest BCUT2D eigenvalue weighted by Gasteiger charge is -2.13. The molecule has 32 heavy (non-hydrogen) atoms. The third-order valence-electron chi connectivity index (χ3n) is 5.03. The van der Waals surface area contributed by atoms with E-state index in [9.17, 15) is 19.5 Å². The molecule has 0 aliphatic carbocycles. The predicted molar refractivity (Wildman–Crippen MR) is 122 cm³/mol. The zero-order valence-electron chi connectivity index (χ0n) is 18.5. The highest BCUT2D eigenvalue weighted by atomic mass is 16.5. The van der Waals surface area contributed by atoms with Crippen molar-refractivity contribution in [2.24, 2.45) is 5.92 Å². The standard InChI is InChI=1S/C25H32N2O5/c1-19(14-15-26-25(31)32-18-21-10-6-3-7-11-21)16-24(30)27-17-23(29)22(28)13-12-20-8-4-2-5-9-20/h2-11,19,22,28H,12-18H2,1H3,(H,26,31)(H,27,30). The minimum atomic E-state index is -1.10. The van der Waals surface area contributed by atoms with Gasteiger partial charge in [0.1, 0.15) is 12.7 Å². The fourth-order valence-corrected chi connectivity index (χ4v) is 3.10. The van der Waals surface area contributed by atoms with Gasteiger partial charge in [0.25, 0.3) is 0 Å². The molecule has 2 aromatic rings. The van der Waals surface area contributed by atoms with Gasteiger partial charge in [-0.2, -0.15) is 0 Å². The number of Topliss-reactive ketones (excluding diaryl/α,β-unsaturated/α-hetero) is 1. The molecule has 172 valence electrons. The Morgan fingerprint density at radius 1 is 0.906 bits per heavy atom. The number of aliphatic hydroxyl groups is 1. The second kappa shape index (κ2) is 14.0. The number of rotatable bonds is 13. The van der Waals surface area contributed by atoms with Crippen LogP contribution < -0.4 is 10.6 Å². The average molecular weight is 441 g/mol. The molecule has 0 radical (unpaired) electrons. The van der Waals surface area contributed by atoms with Crippen LogP contribution in [-0.2, 0) is 27.4 Å². The Balaban J connectivity index is 1.54. The number of aliphatic hydroxyl groups excluding tert-OH is 1. The molecule has 7 heteroatoms. The van der Waals surface area contributed by atoms with Crippen molar-refractivity contribution in [2.45, 2.75) is 45.3 Å². The van der Waals surface area contributed by atoms with Crippen LogP contribution in [0.1, 0.15) is 37.3 Å². The van der Waals surface area contributed by atoms with Gasteiger partial charge in [0.15, 0.2) is 5.78 Å². The van der Waals surface area contributed by atoms with E-state index >= 15 is 0 Å². The normalized spacial score (nSPS) is 12.4. The van der Waals surface area contributed by atoms with E-state index < -0.39 is 18.0 Å². The molecule has 2 aromatic carbocycles. The van der Waals surface area contributed by atoms with Crippen LogP contribution in [0.2, 0.25) is 0 Å². The SMILES string of the molecule is CC(CCNC(=O)OCc1ccccc1)CC(=O)NCC(=O)C(O)CCc1ccccc1. The molecule has 0 bridgehead atoms. The lowest BCUT2D eigenvalue weighted by molar-refractivity contribution is -0.130. The highest BCUT2D eigenvalue weighted by Crippen LogP contribution is 2.08. The van der Waals surface area contributed by atoms with Crippen molar-refractivity contribution in [2.75, 3.05) is 13.1 Å². The summed E-state index contributed by atoms with van der Waals surface area (Å²) < 4.78 is 5.14. The molecule has 2 atom stereocenters. The van der Waals surface area contributed by atoms with Crippen molar-refractivity contribution in [3.8, 4) is 0 Å². The second-order valence-corrected chi connectivity index (χ2v) is 7.87. The molecular weight excluding hydrogens is 408 g/mol. The van der Waals surface area contributed by atoms with Crippen molar-refractivity contribution >= 4 is 17.8 Å². The van der Waals surface area contributed by atoms with Gasteiger partial charge >= 0.3 is 6.09 Å². The van der Waals surface area contributed by atoms with E-state index in [1.807, 2.05) is 67.6 Å². The number of hydrogen-bond donors (Lipinski definition) is 3. The van der Waals surface area contributed by atoms with Gasteiger partial charge in [-0.1, -0.05) is 67.6 Å². The Hall–Kier alpha value is -3.19. The second-order valence-electron chi connectivity index (χ2n) is 7.87. The van der Waals surface area contributed by atoms with E-state index in [-0.39, 0.29) is 31.4 Å². The van der Waals surface area contributed by atoms with Crippen LogP contribution in [0.25, 0.3) is 0 Å². The van der Waals surface area contributed by atoms with Gasteiger partial charge in [-0.15, -0.1) is 0 Å². The van der Waals surface area contributed by atoms with E-state index in [0.29, 0.717) is 25.8 Å². The number of ether oxygens (including phenoxy) is 1. The highest BCUT2D eigenvalue weighted by Gasteiger charge is 2.17. The summed E-state index contributed by atoms with van der Waals surface area (Å²) in [7, 11) is 0. The van der Waals surface area contributed by atoms with E-state index in [4.69, 9.17) is 4.74 Å². The third kappa shape index (κ3) is 10.2. The van der Waals surface area contributed by atoms with Crippen LogP contribution in [0.3, 0.4) is 0 Å². The summed E-state index contributed by atoms with van der Waals surface area (Å²) in [5.74, 6) is -0.639. The first-order chi connectivity index (χ1) is 15.4. The molecule has 0 spiro atoms. The molecule has 3 N–H and O–H groups in total. The Morgan fingerprint density at radius 3 is 2.19 bits per heavy atom. The lowest BCUT2D eigenvalue weighted by atomic mass is 10.0. The molecule has 0 aliphatic rings. The number of nitrogens with one attached hydrogen (secondary N) is 2. The Morgan fingerprint density at radius 2 is 1.53 bits per heavy atom. The lowest BCUT2D eigenvalue weighted by Crippen LogP contribution is -2.36. The molecular formula is C25H32N2O5. The van der Waals surface area contributed by atoms with Crippen molar-refractivity contribution in [3.05, 3.63) is 71.8 Å². The smallest absolute Gasteiger partial charge is 0.407 e. The molecule has 0 aliphatic heterocycles. The summed E-state index contributed by atoms with van der Waals surface area (Å²) >= 11 is 0. The van der Waals surface area contributed by atoms with Crippen molar-refractivity contribution < 1.29 is 24.2 Å². The van der Waals surface area contributed by atoms with Crippen molar-refractivity contribution in [1.29, 1.82) is 0 Å². The van der Waals surface area contributed by atoms with Gasteiger partial charge in [0.2, 0.25) is 5.91 Å². The van der Waals surface area contributed by atoms with Crippen LogP contribution in [0.4, 0.5) is 4.79 Å². The first-order valence-corrected chi connectivity index (χ1v) is 10.9. The topological polar surface area (TPSA) is 105 Å². The van der Waals surface area contributed by atoms with Crippen LogP contribution in [0.5, 0.6) is 0 Å². The van der Waals surface area contributed by atoms with Crippen LogP contribution in [0, 0.1) is 5.92 Å². The number of carbonyl (C=O) groups excluding carboxylic acids is 3. The van der Waals surface area contributed by atoms with Crippen molar-refractivity contribution in [3.63, 3.8) is 0 Å². The summed E-state index contributed by atoms with van der Waals surface area (Å²) in [6.07, 6.45) is 0.149. The number of amides is 2. The minimum Gasteiger partial charge on any atom is -0.445 e. The highest BCUT2D eigenvalue weighted by molar-refractivity contribution is 5.88. The fourth-order valence-electron chi connectivity index (χ4n) is 3.10. The number of benzene rings is 2. The van der Waals surface area contributed by atoms with Gasteiger partial charge < -0.3 is 20.5 Å². The van der Waals surface area contributed by atoms with E-state index in [1.54, 1.807) is 0 Å². The van der Waals surface area contributed by atoms with Crippen LogP contribution >= 0.6 is 0 Å². The van der Waals surface area contributed by atoms with Crippen LogP contribution in [0.15, 0.2) is 60.7 Å². The maximum absolute atomic E-state index is 12.1. The minimum absolute atomic E-state index is 0.0162. The molecule has 0 aromatic heterocycles. The van der Waals surface area contributed by atoms with Gasteiger partial charge in [-0.25, -0.2) is 4.79 Å². The number of hydrogen-bond acceptors (Lipinski definition) is 5. The zero-order chi connectivity index (χ0) is 23.2. The predicted octanol–water partition coefficient (Wildman–Crippen LogP) is 3.01.